The number of carbonyl (C=O) groups is 3. The summed E-state index contributed by atoms with van der Waals surface area (Å²) in [5.41, 5.74) is 0. The maximum atomic E-state index is 12.9. The number of ether oxygens (including phenoxy) is 3. The summed E-state index contributed by atoms with van der Waals surface area (Å²) in [6.45, 7) is 6.39. The van der Waals surface area contributed by atoms with E-state index in [0.717, 1.165) is 116 Å². The van der Waals surface area contributed by atoms with Crippen molar-refractivity contribution < 1.29 is 28.6 Å². The second-order valence-corrected chi connectivity index (χ2v) is 22.3. The Balaban J connectivity index is 4.27. The fraction of sp³-hybridized carbons (Fsp3) is 0.671. The molecule has 0 aliphatic carbocycles. The molecule has 0 rings (SSSR count). The van der Waals surface area contributed by atoms with Gasteiger partial charge in [0.15, 0.2) is 6.10 Å². The summed E-state index contributed by atoms with van der Waals surface area (Å²) in [7, 11) is 0. The second kappa shape index (κ2) is 69.0. The zero-order chi connectivity index (χ0) is 59.2. The van der Waals surface area contributed by atoms with Crippen molar-refractivity contribution in [3.63, 3.8) is 0 Å². The molecule has 0 spiro atoms. The third-order valence-corrected chi connectivity index (χ3v) is 14.4. The van der Waals surface area contributed by atoms with Crippen LogP contribution in [0.5, 0.6) is 0 Å². The summed E-state index contributed by atoms with van der Waals surface area (Å²) in [5, 5.41) is 0. The Morgan fingerprint density at radius 2 is 0.488 bits per heavy atom. The zero-order valence-corrected chi connectivity index (χ0v) is 53.5. The maximum Gasteiger partial charge on any atom is 0.306 e. The van der Waals surface area contributed by atoms with Gasteiger partial charge in [-0.05, 0) is 109 Å². The lowest BCUT2D eigenvalue weighted by atomic mass is 10.0. The van der Waals surface area contributed by atoms with Gasteiger partial charge in [-0.2, -0.15) is 0 Å². The van der Waals surface area contributed by atoms with E-state index in [-0.39, 0.29) is 37.5 Å². The molecule has 6 nitrogen and oxygen atoms in total. The number of esters is 3. The van der Waals surface area contributed by atoms with Crippen molar-refractivity contribution in [3.8, 4) is 0 Å². The van der Waals surface area contributed by atoms with Gasteiger partial charge in [-0.15, -0.1) is 0 Å². The quantitative estimate of drug-likeness (QED) is 0.0261. The van der Waals surface area contributed by atoms with E-state index in [4.69, 9.17) is 14.2 Å². The lowest BCUT2D eigenvalue weighted by molar-refractivity contribution is -0.167. The SMILES string of the molecule is CC/C=C\C/C=C\C/C=C\C/C=C\C/C=C\C/C=C\CCCCCCCCCCCCCCCCC(=O)OCC(COC(=O)CCCCCCCCCCCCCCCC)OC(=O)CCC/C=C\C/C=C\C/C=C\C/C=C\C/C=C\CC. The number of hydrogen-bond acceptors (Lipinski definition) is 6. The van der Waals surface area contributed by atoms with Crippen molar-refractivity contribution >= 4 is 17.9 Å². The Hall–Kier alpha value is -4.45. The molecule has 6 heteroatoms. The molecule has 0 aliphatic rings. The number of hydrogen-bond donors (Lipinski definition) is 0. The molecule has 0 aliphatic heterocycles. The van der Waals surface area contributed by atoms with Crippen LogP contribution in [-0.2, 0) is 28.6 Å². The largest absolute Gasteiger partial charge is 0.462 e. The van der Waals surface area contributed by atoms with Crippen LogP contribution in [0.15, 0.2) is 134 Å². The molecule has 0 N–H and O–H groups in total. The second-order valence-electron chi connectivity index (χ2n) is 22.3. The van der Waals surface area contributed by atoms with Gasteiger partial charge in [-0.25, -0.2) is 0 Å². The normalized spacial score (nSPS) is 13.0. The first kappa shape index (κ1) is 77.5. The Labute approximate surface area is 506 Å². The minimum Gasteiger partial charge on any atom is -0.462 e. The molecule has 0 radical (unpaired) electrons. The molecule has 0 amide bonds. The van der Waals surface area contributed by atoms with Crippen LogP contribution < -0.4 is 0 Å². The first-order valence-electron chi connectivity index (χ1n) is 34.2. The number of unbranched alkanes of at least 4 members (excludes halogenated alkanes) is 28. The molecule has 0 aromatic carbocycles. The third-order valence-electron chi connectivity index (χ3n) is 14.4. The van der Waals surface area contributed by atoms with Gasteiger partial charge in [0.25, 0.3) is 0 Å². The summed E-state index contributed by atoms with van der Waals surface area (Å²) < 4.78 is 16.9. The molecule has 1 unspecified atom stereocenters. The van der Waals surface area contributed by atoms with E-state index in [1.807, 2.05) is 0 Å². The van der Waals surface area contributed by atoms with Gasteiger partial charge in [-0.1, -0.05) is 315 Å². The predicted octanol–water partition coefficient (Wildman–Crippen LogP) is 23.7. The number of carbonyl (C=O) groups excluding carboxylic acids is 3. The molecule has 0 saturated heterocycles. The van der Waals surface area contributed by atoms with Crippen molar-refractivity contribution in [1.82, 2.24) is 0 Å². The minimum atomic E-state index is -0.810. The van der Waals surface area contributed by atoms with Gasteiger partial charge in [0.1, 0.15) is 13.2 Å². The molecule has 0 aromatic rings. The van der Waals surface area contributed by atoms with Crippen molar-refractivity contribution in [2.24, 2.45) is 0 Å². The summed E-state index contributed by atoms with van der Waals surface area (Å²) in [4.78, 5) is 38.3. The molecule has 82 heavy (non-hydrogen) atoms. The van der Waals surface area contributed by atoms with E-state index < -0.39 is 6.10 Å². The van der Waals surface area contributed by atoms with Gasteiger partial charge in [0, 0.05) is 19.3 Å². The van der Waals surface area contributed by atoms with Crippen LogP contribution in [0.2, 0.25) is 0 Å². The van der Waals surface area contributed by atoms with Crippen molar-refractivity contribution in [2.45, 2.75) is 316 Å². The van der Waals surface area contributed by atoms with Gasteiger partial charge in [0.2, 0.25) is 0 Å². The molecule has 0 bridgehead atoms. The van der Waals surface area contributed by atoms with Gasteiger partial charge in [0.05, 0.1) is 0 Å². The monoisotopic (exact) mass is 1130 g/mol. The highest BCUT2D eigenvalue weighted by atomic mass is 16.6. The van der Waals surface area contributed by atoms with Crippen LogP contribution in [-0.4, -0.2) is 37.2 Å². The van der Waals surface area contributed by atoms with Gasteiger partial charge < -0.3 is 14.2 Å². The van der Waals surface area contributed by atoms with Crippen molar-refractivity contribution in [3.05, 3.63) is 134 Å². The van der Waals surface area contributed by atoms with E-state index in [9.17, 15) is 14.4 Å². The van der Waals surface area contributed by atoms with E-state index in [1.165, 1.54) is 148 Å². The Kier molecular flexibility index (Phi) is 65.3. The fourth-order valence-corrected chi connectivity index (χ4v) is 9.37. The minimum absolute atomic E-state index is 0.0997. The maximum absolute atomic E-state index is 12.9. The molecular weight excluding hydrogens is 1010 g/mol. The van der Waals surface area contributed by atoms with Crippen LogP contribution in [0, 0.1) is 0 Å². The fourth-order valence-electron chi connectivity index (χ4n) is 9.37. The number of allylic oxidation sites excluding steroid dienone is 22. The molecule has 0 saturated carbocycles. The van der Waals surface area contributed by atoms with Crippen LogP contribution in [0.1, 0.15) is 310 Å². The Bertz CT molecular complexity index is 1730. The predicted molar refractivity (Wildman–Crippen MR) is 357 cm³/mol. The van der Waals surface area contributed by atoms with Gasteiger partial charge in [-0.3, -0.25) is 14.4 Å². The van der Waals surface area contributed by atoms with E-state index in [1.54, 1.807) is 0 Å². The molecule has 0 heterocycles. The first-order valence-corrected chi connectivity index (χ1v) is 34.2. The molecule has 0 aromatic heterocycles. The van der Waals surface area contributed by atoms with Crippen molar-refractivity contribution in [1.29, 1.82) is 0 Å². The van der Waals surface area contributed by atoms with E-state index >= 15 is 0 Å². The average molecular weight is 1140 g/mol. The molecule has 1 atom stereocenters. The summed E-state index contributed by atoms with van der Waals surface area (Å²) >= 11 is 0. The average Bonchev–Trinajstić information content (AvgIpc) is 3.47. The van der Waals surface area contributed by atoms with E-state index in [2.05, 4.69) is 154 Å². The summed E-state index contributed by atoms with van der Waals surface area (Å²) in [5.74, 6) is -0.951. The Morgan fingerprint density at radius 3 is 0.780 bits per heavy atom. The highest BCUT2D eigenvalue weighted by Crippen LogP contribution is 2.17. The highest BCUT2D eigenvalue weighted by Gasteiger charge is 2.19. The molecular formula is C76H126O6. The van der Waals surface area contributed by atoms with Crippen molar-refractivity contribution in [2.75, 3.05) is 13.2 Å². The summed E-state index contributed by atoms with van der Waals surface area (Å²) in [6.07, 6.45) is 97.7. The molecule has 466 valence electrons. The van der Waals surface area contributed by atoms with E-state index in [0.29, 0.717) is 19.3 Å². The van der Waals surface area contributed by atoms with Crippen LogP contribution in [0.3, 0.4) is 0 Å². The lowest BCUT2D eigenvalue weighted by Gasteiger charge is -2.18. The third kappa shape index (κ3) is 66.4. The van der Waals surface area contributed by atoms with Gasteiger partial charge >= 0.3 is 17.9 Å². The van der Waals surface area contributed by atoms with Crippen LogP contribution >= 0.6 is 0 Å². The Morgan fingerprint density at radius 1 is 0.256 bits per heavy atom. The highest BCUT2D eigenvalue weighted by molar-refractivity contribution is 5.71. The summed E-state index contributed by atoms with van der Waals surface area (Å²) in [6, 6.07) is 0. The number of rotatable bonds is 61. The first-order chi connectivity index (χ1) is 40.5. The van der Waals surface area contributed by atoms with Crippen LogP contribution in [0.25, 0.3) is 0 Å². The lowest BCUT2D eigenvalue weighted by Crippen LogP contribution is -2.30. The molecule has 0 fully saturated rings. The zero-order valence-electron chi connectivity index (χ0n) is 53.5. The standard InChI is InChI=1S/C76H126O6/c1-4-7-10-13-16-19-22-25-28-30-31-32-33-34-35-36-37-38-39-40-41-42-43-44-45-47-48-51-54-57-60-63-66-69-75(78)81-72-73(71-80-74(77)68-65-62-59-56-53-50-27-24-21-18-15-12-9-6-3)82-76(79)70-67-64-61-58-55-52-49-46-29-26-23-20-17-14-11-8-5-2/h7-8,10-11,16-17,19-20,25-26,28-29,31-32,34-35,37-38,49,52,58,61,73H,4-6,9,12-15,18,21-24,27,30,33,36,39-48,50-51,53-57,59-60,62-72H2,1-3H3/b10-7-,11-8-,19-16-,20-17-,28-25-,29-26-,32-31-,35-34-,38-37-,52-49-,61-58-. The van der Waals surface area contributed by atoms with Crippen LogP contribution in [0.4, 0.5) is 0 Å². The smallest absolute Gasteiger partial charge is 0.306 e. The topological polar surface area (TPSA) is 78.9 Å².